The number of halogens is 1. The minimum Gasteiger partial charge on any atom is -0.357 e. The Hall–Kier alpha value is -0.570. The average molecular weight is 481 g/mol. The molecule has 0 aromatic heterocycles. The van der Waals surface area contributed by atoms with Crippen molar-refractivity contribution in [3.8, 4) is 0 Å². The lowest BCUT2D eigenvalue weighted by atomic mass is 10.2. The van der Waals surface area contributed by atoms with Crippen molar-refractivity contribution >= 4 is 35.8 Å². The fourth-order valence-electron chi connectivity index (χ4n) is 3.32. The van der Waals surface area contributed by atoms with Crippen LogP contribution in [0.3, 0.4) is 0 Å². The number of carbonyl (C=O) groups is 1. The minimum atomic E-state index is 0. The normalized spacial score (nSPS) is 15.2. The lowest BCUT2D eigenvalue weighted by molar-refractivity contribution is -0.127. The Morgan fingerprint density at radius 1 is 1.19 bits per heavy atom. The summed E-state index contributed by atoms with van der Waals surface area (Å²) in [7, 11) is 0. The molecule has 6 nitrogen and oxygen atoms in total. The quantitative estimate of drug-likeness (QED) is 0.206. The largest absolute Gasteiger partial charge is 0.357 e. The van der Waals surface area contributed by atoms with E-state index in [9.17, 15) is 4.79 Å². The molecule has 1 aliphatic heterocycles. The first kappa shape index (κ1) is 25.4. The first-order chi connectivity index (χ1) is 12.0. The highest BCUT2D eigenvalue weighted by Gasteiger charge is 2.18. The Balaban J connectivity index is 0.00000625. The number of nitrogens with one attached hydrogen (secondary N) is 2. The standard InChI is InChI=1S/C19H39N5O.HI/c1-6-20-19(21-11-8-14-23-13-7-10-18(23)25)22-12-9-15-24(16(2)3)17(4)5;/h16-17H,6-15H2,1-5H3,(H2,20,21,22);1H. The van der Waals surface area contributed by atoms with Gasteiger partial charge in [0.2, 0.25) is 5.91 Å². The van der Waals surface area contributed by atoms with E-state index < -0.39 is 0 Å². The predicted molar refractivity (Wildman–Crippen MR) is 121 cm³/mol. The summed E-state index contributed by atoms with van der Waals surface area (Å²) in [4.78, 5) is 20.7. The molecule has 1 fully saturated rings. The highest BCUT2D eigenvalue weighted by Crippen LogP contribution is 2.09. The van der Waals surface area contributed by atoms with Crippen molar-refractivity contribution in [3.05, 3.63) is 0 Å². The third kappa shape index (κ3) is 9.94. The Kier molecular flexibility index (Phi) is 14.2. The zero-order chi connectivity index (χ0) is 18.7. The maximum atomic E-state index is 11.6. The van der Waals surface area contributed by atoms with Crippen molar-refractivity contribution in [2.45, 2.75) is 72.4 Å². The molecule has 2 N–H and O–H groups in total. The zero-order valence-corrected chi connectivity index (χ0v) is 19.7. The van der Waals surface area contributed by atoms with Gasteiger partial charge >= 0.3 is 0 Å². The lowest BCUT2D eigenvalue weighted by Gasteiger charge is -2.30. The number of guanidine groups is 1. The highest BCUT2D eigenvalue weighted by atomic mass is 127. The first-order valence-corrected chi connectivity index (χ1v) is 10.0. The summed E-state index contributed by atoms with van der Waals surface area (Å²) >= 11 is 0. The monoisotopic (exact) mass is 481 g/mol. The second kappa shape index (κ2) is 14.5. The molecule has 0 aromatic carbocycles. The Labute approximate surface area is 177 Å². The lowest BCUT2D eigenvalue weighted by Crippen LogP contribution is -2.41. The summed E-state index contributed by atoms with van der Waals surface area (Å²) in [6.07, 6.45) is 3.76. The fraction of sp³-hybridized carbons (Fsp3) is 0.895. The molecular formula is C19H40IN5O. The van der Waals surface area contributed by atoms with Gasteiger partial charge in [0.1, 0.15) is 0 Å². The average Bonchev–Trinajstić information content (AvgIpc) is 2.95. The molecule has 0 bridgehead atoms. The maximum absolute atomic E-state index is 11.6. The summed E-state index contributed by atoms with van der Waals surface area (Å²) in [5.41, 5.74) is 0. The third-order valence-corrected chi connectivity index (χ3v) is 4.58. The van der Waals surface area contributed by atoms with Gasteiger partial charge in [-0.1, -0.05) is 0 Å². The number of likely N-dealkylation sites (tertiary alicyclic amines) is 1. The summed E-state index contributed by atoms with van der Waals surface area (Å²) in [6.45, 7) is 16.5. The number of carbonyl (C=O) groups excluding carboxylic acids is 1. The van der Waals surface area contributed by atoms with Crippen molar-refractivity contribution in [2.24, 2.45) is 4.99 Å². The van der Waals surface area contributed by atoms with Gasteiger partial charge in [-0.3, -0.25) is 14.7 Å². The molecule has 1 rings (SSSR count). The summed E-state index contributed by atoms with van der Waals surface area (Å²) in [6, 6.07) is 1.16. The van der Waals surface area contributed by atoms with Gasteiger partial charge in [0.15, 0.2) is 5.96 Å². The maximum Gasteiger partial charge on any atom is 0.222 e. The Morgan fingerprint density at radius 2 is 1.88 bits per heavy atom. The van der Waals surface area contributed by atoms with E-state index in [0.717, 1.165) is 70.9 Å². The van der Waals surface area contributed by atoms with E-state index in [0.29, 0.717) is 18.0 Å². The predicted octanol–water partition coefficient (Wildman–Crippen LogP) is 2.68. The van der Waals surface area contributed by atoms with Crippen molar-refractivity contribution in [3.63, 3.8) is 0 Å². The molecule has 0 aliphatic carbocycles. The van der Waals surface area contributed by atoms with Crippen molar-refractivity contribution < 1.29 is 4.79 Å². The molecule has 7 heteroatoms. The number of amides is 1. The van der Waals surface area contributed by atoms with E-state index in [4.69, 9.17) is 0 Å². The topological polar surface area (TPSA) is 60.0 Å². The molecule has 0 radical (unpaired) electrons. The van der Waals surface area contributed by atoms with Crippen LogP contribution < -0.4 is 10.6 Å². The minimum absolute atomic E-state index is 0. The van der Waals surface area contributed by atoms with Gasteiger partial charge in [-0.2, -0.15) is 0 Å². The molecule has 1 saturated heterocycles. The van der Waals surface area contributed by atoms with Crippen LogP contribution >= 0.6 is 24.0 Å². The first-order valence-electron chi connectivity index (χ1n) is 10.0. The van der Waals surface area contributed by atoms with Crippen LogP contribution in [0.15, 0.2) is 4.99 Å². The number of nitrogens with zero attached hydrogens (tertiary/aromatic N) is 3. The number of aliphatic imine (C=N–C) groups is 1. The van der Waals surface area contributed by atoms with Crippen LogP contribution in [0.2, 0.25) is 0 Å². The molecular weight excluding hydrogens is 441 g/mol. The van der Waals surface area contributed by atoms with Crippen LogP contribution in [0.5, 0.6) is 0 Å². The van der Waals surface area contributed by atoms with Crippen LogP contribution in [-0.2, 0) is 4.79 Å². The van der Waals surface area contributed by atoms with Gasteiger partial charge in [0.05, 0.1) is 0 Å². The van der Waals surface area contributed by atoms with E-state index in [1.54, 1.807) is 0 Å². The van der Waals surface area contributed by atoms with Crippen molar-refractivity contribution in [2.75, 3.05) is 39.3 Å². The van der Waals surface area contributed by atoms with Gasteiger partial charge < -0.3 is 15.5 Å². The molecule has 0 spiro atoms. The number of rotatable bonds is 11. The smallest absolute Gasteiger partial charge is 0.222 e. The van der Waals surface area contributed by atoms with Crippen LogP contribution in [0.4, 0.5) is 0 Å². The summed E-state index contributed by atoms with van der Waals surface area (Å²) in [5.74, 6) is 1.18. The molecule has 0 saturated carbocycles. The SMILES string of the molecule is CCNC(=NCCCN1CCCC1=O)NCCCN(C(C)C)C(C)C.I. The number of hydrogen-bond donors (Lipinski definition) is 2. The van der Waals surface area contributed by atoms with E-state index in [1.807, 2.05) is 4.90 Å². The van der Waals surface area contributed by atoms with Crippen molar-refractivity contribution in [1.82, 2.24) is 20.4 Å². The van der Waals surface area contributed by atoms with Crippen LogP contribution in [0.25, 0.3) is 0 Å². The van der Waals surface area contributed by atoms with Crippen LogP contribution in [-0.4, -0.2) is 73.0 Å². The summed E-state index contributed by atoms with van der Waals surface area (Å²) in [5, 5.41) is 6.72. The van der Waals surface area contributed by atoms with Gasteiger partial charge in [-0.15, -0.1) is 24.0 Å². The second-order valence-corrected chi connectivity index (χ2v) is 7.30. The van der Waals surface area contributed by atoms with Gasteiger partial charge in [-0.25, -0.2) is 0 Å². The van der Waals surface area contributed by atoms with Crippen LogP contribution in [0, 0.1) is 0 Å². The summed E-state index contributed by atoms with van der Waals surface area (Å²) < 4.78 is 0. The third-order valence-electron chi connectivity index (χ3n) is 4.58. The molecule has 154 valence electrons. The van der Waals surface area contributed by atoms with Crippen molar-refractivity contribution in [1.29, 1.82) is 0 Å². The molecule has 1 amide bonds. The fourth-order valence-corrected chi connectivity index (χ4v) is 3.32. The molecule has 0 unspecified atom stereocenters. The molecule has 1 aliphatic rings. The number of hydrogen-bond acceptors (Lipinski definition) is 3. The van der Waals surface area contributed by atoms with Crippen LogP contribution in [0.1, 0.15) is 60.3 Å². The second-order valence-electron chi connectivity index (χ2n) is 7.30. The van der Waals surface area contributed by atoms with Gasteiger partial charge in [-0.05, 0) is 53.9 Å². The molecule has 0 atom stereocenters. The van der Waals surface area contributed by atoms with E-state index >= 15 is 0 Å². The molecule has 0 aromatic rings. The van der Waals surface area contributed by atoms with E-state index in [-0.39, 0.29) is 24.0 Å². The molecule has 26 heavy (non-hydrogen) atoms. The van der Waals surface area contributed by atoms with Gasteiger partial charge in [0, 0.05) is 57.8 Å². The van der Waals surface area contributed by atoms with Gasteiger partial charge in [0.25, 0.3) is 0 Å². The van der Waals surface area contributed by atoms with E-state index in [2.05, 4.69) is 55.1 Å². The Morgan fingerprint density at radius 3 is 2.42 bits per heavy atom. The highest BCUT2D eigenvalue weighted by molar-refractivity contribution is 14.0. The van der Waals surface area contributed by atoms with E-state index in [1.165, 1.54) is 0 Å². The zero-order valence-electron chi connectivity index (χ0n) is 17.4. The Bertz CT molecular complexity index is 407. The molecule has 1 heterocycles.